The highest BCUT2D eigenvalue weighted by molar-refractivity contribution is 5.86. The lowest BCUT2D eigenvalue weighted by molar-refractivity contribution is 0.552. The molecule has 0 aliphatic carbocycles. The zero-order valence-electron chi connectivity index (χ0n) is 12.3. The molecule has 19 heavy (non-hydrogen) atoms. The molecule has 0 saturated heterocycles. The number of nitrogens with one attached hydrogen (secondary N) is 2. The molecule has 0 heterocycles. The van der Waals surface area contributed by atoms with E-state index in [9.17, 15) is 0 Å². The fourth-order valence-corrected chi connectivity index (χ4v) is 1.78. The van der Waals surface area contributed by atoms with Crippen molar-refractivity contribution in [3.05, 3.63) is 0 Å². The minimum absolute atomic E-state index is 0. The quantitative estimate of drug-likeness (QED) is 0.452. The molecule has 0 aliphatic rings. The normalized spacial score (nSPS) is 9.16. The van der Waals surface area contributed by atoms with Gasteiger partial charge in [-0.25, -0.2) is 0 Å². The molecule has 4 N–H and O–H groups in total. The van der Waals surface area contributed by atoms with Gasteiger partial charge in [-0.05, 0) is 58.9 Å². The zero-order valence-corrected chi connectivity index (χ0v) is 14.7. The van der Waals surface area contributed by atoms with Crippen molar-refractivity contribution < 1.29 is 0 Å². The van der Waals surface area contributed by atoms with Crippen molar-refractivity contribution in [3.8, 4) is 0 Å². The second-order valence-electron chi connectivity index (χ2n) is 4.47. The standard InChI is InChI=1S/C13H31N3.3ClH/c1-15-11-7-4-5-9-13-16-12-8-3-2-6-10-14;;;/h15-16H,2-14H2,1H3;3*1H. The summed E-state index contributed by atoms with van der Waals surface area (Å²) in [7, 11) is 2.02. The Balaban J connectivity index is -0.000000375. The Bertz CT molecular complexity index is 116. The van der Waals surface area contributed by atoms with E-state index in [1.54, 1.807) is 0 Å². The van der Waals surface area contributed by atoms with E-state index in [0.717, 1.165) is 13.1 Å². The van der Waals surface area contributed by atoms with Gasteiger partial charge in [0.2, 0.25) is 0 Å². The zero-order chi connectivity index (χ0) is 11.9. The summed E-state index contributed by atoms with van der Waals surface area (Å²) in [6.07, 6.45) is 10.5. The molecule has 0 spiro atoms. The molecule has 0 rings (SSSR count). The van der Waals surface area contributed by atoms with E-state index in [2.05, 4.69) is 10.6 Å². The van der Waals surface area contributed by atoms with Gasteiger partial charge in [0, 0.05) is 0 Å². The first kappa shape index (κ1) is 28.0. The second kappa shape index (κ2) is 27.2. The monoisotopic (exact) mass is 337 g/mol. The van der Waals surface area contributed by atoms with Crippen LogP contribution in [0.3, 0.4) is 0 Å². The van der Waals surface area contributed by atoms with Gasteiger partial charge < -0.3 is 16.4 Å². The fraction of sp³-hybridized carbons (Fsp3) is 1.00. The van der Waals surface area contributed by atoms with Crippen LogP contribution in [0.5, 0.6) is 0 Å². The average Bonchev–Trinajstić information content (AvgIpc) is 2.31. The summed E-state index contributed by atoms with van der Waals surface area (Å²) in [5.41, 5.74) is 5.44. The summed E-state index contributed by atoms with van der Waals surface area (Å²) in [6.45, 7) is 4.38. The average molecular weight is 339 g/mol. The first-order chi connectivity index (χ1) is 7.91. The SMILES string of the molecule is CNCCCCCCNCCCCCCN.Cl.Cl.Cl. The van der Waals surface area contributed by atoms with E-state index in [1.165, 1.54) is 64.5 Å². The highest BCUT2D eigenvalue weighted by Crippen LogP contribution is 1.99. The highest BCUT2D eigenvalue weighted by Gasteiger charge is 1.91. The molecule has 0 aromatic rings. The van der Waals surface area contributed by atoms with Gasteiger partial charge in [0.25, 0.3) is 0 Å². The Morgan fingerprint density at radius 2 is 1.05 bits per heavy atom. The van der Waals surface area contributed by atoms with Crippen molar-refractivity contribution in [2.24, 2.45) is 5.73 Å². The van der Waals surface area contributed by atoms with Crippen molar-refractivity contribution in [1.29, 1.82) is 0 Å². The number of unbranched alkanes of at least 4 members (excludes halogenated alkanes) is 6. The number of halogens is 3. The van der Waals surface area contributed by atoms with Gasteiger partial charge in [0.1, 0.15) is 0 Å². The van der Waals surface area contributed by atoms with Crippen LogP contribution < -0.4 is 16.4 Å². The summed E-state index contributed by atoms with van der Waals surface area (Å²) in [4.78, 5) is 0. The van der Waals surface area contributed by atoms with Crippen LogP contribution in [0.2, 0.25) is 0 Å². The lowest BCUT2D eigenvalue weighted by Gasteiger charge is -2.04. The molecule has 0 aromatic heterocycles. The molecule has 0 amide bonds. The number of hydrogen-bond donors (Lipinski definition) is 3. The van der Waals surface area contributed by atoms with E-state index < -0.39 is 0 Å². The lowest BCUT2D eigenvalue weighted by Crippen LogP contribution is -2.16. The number of hydrogen-bond acceptors (Lipinski definition) is 3. The molecule has 0 aliphatic heterocycles. The van der Waals surface area contributed by atoms with Crippen molar-refractivity contribution in [2.75, 3.05) is 33.2 Å². The minimum Gasteiger partial charge on any atom is -0.330 e. The molecule has 0 aromatic carbocycles. The summed E-state index contributed by atoms with van der Waals surface area (Å²) >= 11 is 0. The maximum atomic E-state index is 5.44. The fourth-order valence-electron chi connectivity index (χ4n) is 1.78. The summed E-state index contributed by atoms with van der Waals surface area (Å²) in [5.74, 6) is 0. The third-order valence-corrected chi connectivity index (χ3v) is 2.84. The van der Waals surface area contributed by atoms with Gasteiger partial charge in [0.05, 0.1) is 0 Å². The van der Waals surface area contributed by atoms with Crippen molar-refractivity contribution >= 4 is 37.2 Å². The topological polar surface area (TPSA) is 50.1 Å². The van der Waals surface area contributed by atoms with E-state index >= 15 is 0 Å². The minimum atomic E-state index is 0. The largest absolute Gasteiger partial charge is 0.330 e. The third-order valence-electron chi connectivity index (χ3n) is 2.84. The van der Waals surface area contributed by atoms with Gasteiger partial charge in [-0.1, -0.05) is 25.7 Å². The van der Waals surface area contributed by atoms with Crippen LogP contribution in [0.15, 0.2) is 0 Å². The molecular weight excluding hydrogens is 305 g/mol. The van der Waals surface area contributed by atoms with Crippen LogP contribution in [0, 0.1) is 0 Å². The van der Waals surface area contributed by atoms with Crippen LogP contribution in [-0.2, 0) is 0 Å². The lowest BCUT2D eigenvalue weighted by atomic mass is 10.2. The van der Waals surface area contributed by atoms with Crippen molar-refractivity contribution in [1.82, 2.24) is 10.6 Å². The molecule has 122 valence electrons. The van der Waals surface area contributed by atoms with Crippen LogP contribution in [-0.4, -0.2) is 33.2 Å². The highest BCUT2D eigenvalue weighted by atomic mass is 35.5. The van der Waals surface area contributed by atoms with Gasteiger partial charge in [-0.15, -0.1) is 37.2 Å². The molecule has 3 nitrogen and oxygen atoms in total. The Kier molecular flexibility index (Phi) is 40.0. The molecule has 0 bridgehead atoms. The van der Waals surface area contributed by atoms with Crippen LogP contribution >= 0.6 is 37.2 Å². The van der Waals surface area contributed by atoms with Crippen molar-refractivity contribution in [2.45, 2.75) is 51.4 Å². The molecule has 0 radical (unpaired) electrons. The second-order valence-corrected chi connectivity index (χ2v) is 4.47. The summed E-state index contributed by atoms with van der Waals surface area (Å²) in [6, 6.07) is 0. The van der Waals surface area contributed by atoms with Crippen LogP contribution in [0.1, 0.15) is 51.4 Å². The van der Waals surface area contributed by atoms with Gasteiger partial charge in [0.15, 0.2) is 0 Å². The first-order valence-electron chi connectivity index (χ1n) is 6.97. The molecule has 6 heteroatoms. The van der Waals surface area contributed by atoms with Crippen LogP contribution in [0.4, 0.5) is 0 Å². The molecular formula is C13H34Cl3N3. The molecule has 0 saturated carbocycles. The number of nitrogens with two attached hydrogens (primary N) is 1. The van der Waals surface area contributed by atoms with Gasteiger partial charge in [-0.2, -0.15) is 0 Å². The van der Waals surface area contributed by atoms with Gasteiger partial charge >= 0.3 is 0 Å². The van der Waals surface area contributed by atoms with E-state index in [4.69, 9.17) is 5.73 Å². The Morgan fingerprint density at radius 3 is 1.47 bits per heavy atom. The predicted molar refractivity (Wildman–Crippen MR) is 94.5 cm³/mol. The maximum Gasteiger partial charge on any atom is -0.00489 e. The predicted octanol–water partition coefficient (Wildman–Crippen LogP) is 3.14. The Labute approximate surface area is 138 Å². The van der Waals surface area contributed by atoms with E-state index in [0.29, 0.717) is 0 Å². The number of rotatable bonds is 13. The van der Waals surface area contributed by atoms with E-state index in [-0.39, 0.29) is 37.2 Å². The first-order valence-corrected chi connectivity index (χ1v) is 6.97. The van der Waals surface area contributed by atoms with Crippen molar-refractivity contribution in [3.63, 3.8) is 0 Å². The summed E-state index contributed by atoms with van der Waals surface area (Å²) in [5, 5.41) is 6.69. The maximum absolute atomic E-state index is 5.44. The molecule has 0 unspecified atom stereocenters. The Hall–Kier alpha value is 0.750. The van der Waals surface area contributed by atoms with Crippen LogP contribution in [0.25, 0.3) is 0 Å². The molecule has 0 atom stereocenters. The third kappa shape index (κ3) is 27.8. The molecule has 0 fully saturated rings. The van der Waals surface area contributed by atoms with E-state index in [1.807, 2.05) is 7.05 Å². The summed E-state index contributed by atoms with van der Waals surface area (Å²) < 4.78 is 0. The van der Waals surface area contributed by atoms with Gasteiger partial charge in [-0.3, -0.25) is 0 Å². The smallest absolute Gasteiger partial charge is 0.00489 e. The Morgan fingerprint density at radius 1 is 0.632 bits per heavy atom.